The molecule has 3 N–H and O–H groups in total. The molecule has 2 nitrogen and oxygen atoms in total. The first-order valence-electron chi connectivity index (χ1n) is 3.80. The van der Waals surface area contributed by atoms with Gasteiger partial charge >= 0.3 is 0 Å². The number of rotatable bonds is 0. The molecule has 0 amide bonds. The maximum Gasteiger partial charge on any atom is 0.0946 e. The van der Waals surface area contributed by atoms with Crippen LogP contribution in [0.4, 0.5) is 0 Å². The largest absolute Gasteiger partial charge is 0.387 e. The van der Waals surface area contributed by atoms with Crippen LogP contribution >= 0.6 is 0 Å². The quantitative estimate of drug-likeness (QED) is 0.567. The molecule has 0 fully saturated rings. The third kappa shape index (κ3) is 0.951. The Morgan fingerprint density at radius 2 is 2.09 bits per heavy atom. The van der Waals surface area contributed by atoms with Crippen LogP contribution in [0.25, 0.3) is 0 Å². The van der Waals surface area contributed by atoms with Crippen LogP contribution in [-0.4, -0.2) is 11.1 Å². The van der Waals surface area contributed by atoms with Gasteiger partial charge in [0.1, 0.15) is 0 Å². The van der Waals surface area contributed by atoms with Crippen molar-refractivity contribution in [3.63, 3.8) is 0 Å². The molecule has 1 aliphatic rings. The van der Waals surface area contributed by atoms with Gasteiger partial charge in [-0.15, -0.1) is 0 Å². The molecule has 0 radical (unpaired) electrons. The van der Waals surface area contributed by atoms with E-state index in [4.69, 9.17) is 5.73 Å². The van der Waals surface area contributed by atoms with Gasteiger partial charge in [0.25, 0.3) is 0 Å². The van der Waals surface area contributed by atoms with E-state index < -0.39 is 6.10 Å². The molecule has 2 heteroatoms. The molecule has 0 bridgehead atoms. The predicted octanol–water partition coefficient (Wildman–Crippen LogP) is 0.603. The minimum Gasteiger partial charge on any atom is -0.387 e. The van der Waals surface area contributed by atoms with E-state index in [0.29, 0.717) is 0 Å². The zero-order valence-corrected chi connectivity index (χ0v) is 6.20. The average Bonchev–Trinajstić information content (AvgIpc) is 2.30. The van der Waals surface area contributed by atoms with Gasteiger partial charge in [-0.05, 0) is 17.5 Å². The van der Waals surface area contributed by atoms with Gasteiger partial charge in [0.2, 0.25) is 0 Å². The van der Waals surface area contributed by atoms with E-state index in [9.17, 15) is 5.11 Å². The number of aliphatic hydroxyl groups is 1. The zero-order valence-electron chi connectivity index (χ0n) is 6.20. The minimum atomic E-state index is -0.453. The maximum atomic E-state index is 9.52. The molecule has 0 saturated carbocycles. The highest BCUT2D eigenvalue weighted by atomic mass is 16.3. The fourth-order valence-electron chi connectivity index (χ4n) is 1.60. The highest BCUT2D eigenvalue weighted by Crippen LogP contribution is 2.29. The Balaban J connectivity index is 2.47. The summed E-state index contributed by atoms with van der Waals surface area (Å²) in [6, 6.07) is 7.76. The summed E-state index contributed by atoms with van der Waals surface area (Å²) >= 11 is 0. The summed E-state index contributed by atoms with van der Waals surface area (Å²) in [5.74, 6) is 0. The van der Waals surface area contributed by atoms with Crippen LogP contribution in [0.15, 0.2) is 24.3 Å². The molecule has 1 aromatic carbocycles. The Bertz CT molecular complexity index is 272. The van der Waals surface area contributed by atoms with E-state index in [0.717, 1.165) is 12.0 Å². The average molecular weight is 149 g/mol. The number of benzene rings is 1. The molecule has 0 heterocycles. The number of fused-ring (bicyclic) bond motifs is 1. The second kappa shape index (κ2) is 2.32. The predicted molar refractivity (Wildman–Crippen MR) is 43.1 cm³/mol. The molecule has 0 aromatic heterocycles. The molecule has 11 heavy (non-hydrogen) atoms. The molecular formula is C9H11NO. The van der Waals surface area contributed by atoms with E-state index in [1.807, 2.05) is 24.3 Å². The Morgan fingerprint density at radius 1 is 1.36 bits per heavy atom. The lowest BCUT2D eigenvalue weighted by atomic mass is 10.1. The maximum absolute atomic E-state index is 9.52. The van der Waals surface area contributed by atoms with E-state index in [1.165, 1.54) is 5.56 Å². The highest BCUT2D eigenvalue weighted by Gasteiger charge is 2.26. The SMILES string of the molecule is N[C@H]1Cc2ccccc2[C@@H]1O. The van der Waals surface area contributed by atoms with Crippen molar-refractivity contribution in [3.8, 4) is 0 Å². The van der Waals surface area contributed by atoms with Crippen molar-refractivity contribution >= 4 is 0 Å². The Hall–Kier alpha value is -0.860. The van der Waals surface area contributed by atoms with Crippen LogP contribution in [0.2, 0.25) is 0 Å². The number of nitrogens with two attached hydrogens (primary N) is 1. The van der Waals surface area contributed by atoms with Crippen LogP contribution < -0.4 is 5.73 Å². The van der Waals surface area contributed by atoms with Crippen molar-refractivity contribution < 1.29 is 5.11 Å². The van der Waals surface area contributed by atoms with Gasteiger partial charge < -0.3 is 10.8 Å². The second-order valence-electron chi connectivity index (χ2n) is 3.01. The van der Waals surface area contributed by atoms with Crippen LogP contribution in [0.3, 0.4) is 0 Å². The molecule has 1 aromatic rings. The van der Waals surface area contributed by atoms with E-state index >= 15 is 0 Å². The minimum absolute atomic E-state index is 0.104. The van der Waals surface area contributed by atoms with Crippen LogP contribution in [-0.2, 0) is 6.42 Å². The van der Waals surface area contributed by atoms with Crippen molar-refractivity contribution in [2.24, 2.45) is 5.73 Å². The summed E-state index contributed by atoms with van der Waals surface area (Å²) in [5, 5.41) is 9.52. The van der Waals surface area contributed by atoms with Gasteiger partial charge in [0.05, 0.1) is 6.10 Å². The lowest BCUT2D eigenvalue weighted by Crippen LogP contribution is -2.24. The number of aliphatic hydroxyl groups excluding tert-OH is 1. The standard InChI is InChI=1S/C9H11NO/c10-8-5-6-3-1-2-4-7(6)9(8)11/h1-4,8-9,11H,5,10H2/t8-,9-/m0/s1. The lowest BCUT2D eigenvalue weighted by molar-refractivity contribution is 0.159. The van der Waals surface area contributed by atoms with Gasteiger partial charge in [0, 0.05) is 6.04 Å². The second-order valence-corrected chi connectivity index (χ2v) is 3.01. The van der Waals surface area contributed by atoms with Gasteiger partial charge in [-0.2, -0.15) is 0 Å². The normalized spacial score (nSPS) is 28.5. The third-order valence-electron chi connectivity index (χ3n) is 2.23. The van der Waals surface area contributed by atoms with Gasteiger partial charge in [-0.25, -0.2) is 0 Å². The first-order valence-corrected chi connectivity index (χ1v) is 3.80. The first kappa shape index (κ1) is 6.83. The Kier molecular flexibility index (Phi) is 1.44. The van der Waals surface area contributed by atoms with Crippen LogP contribution in [0, 0.1) is 0 Å². The topological polar surface area (TPSA) is 46.2 Å². The zero-order chi connectivity index (χ0) is 7.84. The molecule has 1 aliphatic carbocycles. The number of hydrogen-bond donors (Lipinski definition) is 2. The fourth-order valence-corrected chi connectivity index (χ4v) is 1.60. The van der Waals surface area contributed by atoms with Crippen molar-refractivity contribution in [1.82, 2.24) is 0 Å². The summed E-state index contributed by atoms with van der Waals surface area (Å²) in [5.41, 5.74) is 7.87. The van der Waals surface area contributed by atoms with Crippen molar-refractivity contribution in [1.29, 1.82) is 0 Å². The molecule has 58 valence electrons. The first-order chi connectivity index (χ1) is 5.29. The molecule has 2 atom stereocenters. The van der Waals surface area contributed by atoms with Crippen molar-refractivity contribution in [3.05, 3.63) is 35.4 Å². The fraction of sp³-hybridized carbons (Fsp3) is 0.333. The Labute approximate surface area is 65.7 Å². The Morgan fingerprint density at radius 3 is 2.82 bits per heavy atom. The third-order valence-corrected chi connectivity index (χ3v) is 2.23. The molecule has 0 aliphatic heterocycles. The molecule has 0 unspecified atom stereocenters. The summed E-state index contributed by atoms with van der Waals surface area (Å²) in [6.45, 7) is 0. The number of hydrogen-bond acceptors (Lipinski definition) is 2. The molecule has 0 spiro atoms. The molecular weight excluding hydrogens is 138 g/mol. The summed E-state index contributed by atoms with van der Waals surface area (Å²) in [4.78, 5) is 0. The summed E-state index contributed by atoms with van der Waals surface area (Å²) in [7, 11) is 0. The summed E-state index contributed by atoms with van der Waals surface area (Å²) in [6.07, 6.45) is 0.350. The monoisotopic (exact) mass is 149 g/mol. The van der Waals surface area contributed by atoms with Crippen LogP contribution in [0.5, 0.6) is 0 Å². The van der Waals surface area contributed by atoms with Gasteiger partial charge in [0.15, 0.2) is 0 Å². The van der Waals surface area contributed by atoms with Crippen LogP contribution in [0.1, 0.15) is 17.2 Å². The summed E-state index contributed by atoms with van der Waals surface area (Å²) < 4.78 is 0. The van der Waals surface area contributed by atoms with E-state index in [-0.39, 0.29) is 6.04 Å². The van der Waals surface area contributed by atoms with Gasteiger partial charge in [-0.3, -0.25) is 0 Å². The molecule has 2 rings (SSSR count). The smallest absolute Gasteiger partial charge is 0.0946 e. The van der Waals surface area contributed by atoms with E-state index in [1.54, 1.807) is 0 Å². The van der Waals surface area contributed by atoms with Crippen molar-refractivity contribution in [2.45, 2.75) is 18.6 Å². The van der Waals surface area contributed by atoms with E-state index in [2.05, 4.69) is 0 Å². The van der Waals surface area contributed by atoms with Crippen molar-refractivity contribution in [2.75, 3.05) is 0 Å². The molecule has 0 saturated heterocycles. The highest BCUT2D eigenvalue weighted by molar-refractivity contribution is 5.35. The lowest BCUT2D eigenvalue weighted by Gasteiger charge is -2.07. The van der Waals surface area contributed by atoms with Gasteiger partial charge in [-0.1, -0.05) is 24.3 Å².